The lowest BCUT2D eigenvalue weighted by Gasteiger charge is -2.22. The number of phenols is 1. The summed E-state index contributed by atoms with van der Waals surface area (Å²) in [5, 5.41) is 10.9. The number of rotatable bonds is 13. The molecule has 2 aliphatic rings. The van der Waals surface area contributed by atoms with Crippen LogP contribution >= 0.6 is 0 Å². The van der Waals surface area contributed by atoms with Crippen LogP contribution in [0.1, 0.15) is 102 Å². The lowest BCUT2D eigenvalue weighted by atomic mass is 9.98. The topological polar surface area (TPSA) is 55.8 Å². The van der Waals surface area contributed by atoms with Crippen LogP contribution in [-0.4, -0.2) is 29.7 Å². The van der Waals surface area contributed by atoms with Crippen molar-refractivity contribution in [3.05, 3.63) is 35.4 Å². The zero-order chi connectivity index (χ0) is 22.6. The first-order chi connectivity index (χ1) is 15.7. The highest BCUT2D eigenvalue weighted by molar-refractivity contribution is 5.89. The second-order valence-corrected chi connectivity index (χ2v) is 9.52. The van der Waals surface area contributed by atoms with Gasteiger partial charge in [-0.1, -0.05) is 44.7 Å². The molecule has 4 heteroatoms. The van der Waals surface area contributed by atoms with Gasteiger partial charge in [0.05, 0.1) is 12.2 Å². The van der Waals surface area contributed by atoms with Crippen molar-refractivity contribution in [3.8, 4) is 11.5 Å². The molecule has 1 aromatic carbocycles. The van der Waals surface area contributed by atoms with E-state index in [0.717, 1.165) is 56.3 Å². The molecule has 4 nitrogen and oxygen atoms in total. The fourth-order valence-corrected chi connectivity index (χ4v) is 4.82. The van der Waals surface area contributed by atoms with Crippen LogP contribution in [0.3, 0.4) is 0 Å². The maximum Gasteiger partial charge on any atom is 0.161 e. The summed E-state index contributed by atoms with van der Waals surface area (Å²) in [7, 11) is 0. The standard InChI is InChI=1S/C28H42O4/c1-2-3-5-12-24(29)18-17-22-20-23(11-10-19-31-25-13-6-4-7-14-25)28(30)27(21-22)32-26-15-8-9-16-26/h5,12,20-21,25-26,30H,2-4,6-11,13-19H2,1H3. The number of hydrogen-bond donors (Lipinski definition) is 1. The number of phenolic OH excluding ortho intramolecular Hbond substituents is 1. The summed E-state index contributed by atoms with van der Waals surface area (Å²) in [6, 6.07) is 4.00. The van der Waals surface area contributed by atoms with Gasteiger partial charge in [-0.15, -0.1) is 0 Å². The summed E-state index contributed by atoms with van der Waals surface area (Å²) in [5.41, 5.74) is 1.98. The molecule has 2 saturated carbocycles. The summed E-state index contributed by atoms with van der Waals surface area (Å²) in [5.74, 6) is 1.02. The largest absolute Gasteiger partial charge is 0.504 e. The zero-order valence-electron chi connectivity index (χ0n) is 19.9. The fourth-order valence-electron chi connectivity index (χ4n) is 4.82. The SMILES string of the molecule is CCCC=CC(=O)CCc1cc(CCCOC2CCCCC2)c(O)c(OC2CCCC2)c1. The molecule has 0 heterocycles. The zero-order valence-corrected chi connectivity index (χ0v) is 19.9. The summed E-state index contributed by atoms with van der Waals surface area (Å²) in [4.78, 5) is 12.2. The summed E-state index contributed by atoms with van der Waals surface area (Å²) >= 11 is 0. The second-order valence-electron chi connectivity index (χ2n) is 9.52. The highest BCUT2D eigenvalue weighted by Crippen LogP contribution is 2.36. The Morgan fingerprint density at radius 1 is 1.03 bits per heavy atom. The lowest BCUT2D eigenvalue weighted by molar-refractivity contribution is -0.114. The summed E-state index contributed by atoms with van der Waals surface area (Å²) in [6.45, 7) is 2.84. The molecule has 0 bridgehead atoms. The summed E-state index contributed by atoms with van der Waals surface area (Å²) in [6.07, 6.45) is 19.8. The monoisotopic (exact) mass is 442 g/mol. The van der Waals surface area contributed by atoms with Crippen molar-refractivity contribution in [2.24, 2.45) is 0 Å². The molecule has 0 amide bonds. The maximum absolute atomic E-state index is 12.2. The molecule has 0 unspecified atom stereocenters. The molecule has 0 atom stereocenters. The van der Waals surface area contributed by atoms with E-state index >= 15 is 0 Å². The van der Waals surface area contributed by atoms with Crippen LogP contribution in [0.15, 0.2) is 24.3 Å². The van der Waals surface area contributed by atoms with Crippen molar-refractivity contribution in [1.82, 2.24) is 0 Å². The normalized spacial score (nSPS) is 17.9. The second kappa shape index (κ2) is 13.7. The van der Waals surface area contributed by atoms with Crippen LogP contribution in [0.5, 0.6) is 11.5 Å². The van der Waals surface area contributed by atoms with Crippen LogP contribution in [0.4, 0.5) is 0 Å². The third-order valence-electron chi connectivity index (χ3n) is 6.72. The minimum absolute atomic E-state index is 0.159. The molecule has 0 radical (unpaired) electrons. The van der Waals surface area contributed by atoms with Crippen molar-refractivity contribution in [3.63, 3.8) is 0 Å². The lowest BCUT2D eigenvalue weighted by Crippen LogP contribution is -2.17. The predicted molar refractivity (Wildman–Crippen MR) is 130 cm³/mol. The van der Waals surface area contributed by atoms with Crippen LogP contribution in [0, 0.1) is 0 Å². The molecule has 0 spiro atoms. The number of allylic oxidation sites excluding steroid dienone is 2. The molecule has 3 rings (SSSR count). The molecule has 2 fully saturated rings. The van der Waals surface area contributed by atoms with Gasteiger partial charge in [0.1, 0.15) is 0 Å². The van der Waals surface area contributed by atoms with Gasteiger partial charge in [-0.25, -0.2) is 0 Å². The minimum Gasteiger partial charge on any atom is -0.504 e. The quantitative estimate of drug-likeness (QED) is 0.268. The van der Waals surface area contributed by atoms with Gasteiger partial charge < -0.3 is 14.6 Å². The number of ether oxygens (including phenoxy) is 2. The Morgan fingerprint density at radius 3 is 2.50 bits per heavy atom. The van der Waals surface area contributed by atoms with Crippen molar-refractivity contribution < 1.29 is 19.4 Å². The van der Waals surface area contributed by atoms with E-state index in [1.807, 2.05) is 12.1 Å². The average molecular weight is 443 g/mol. The third kappa shape index (κ3) is 8.27. The van der Waals surface area contributed by atoms with Crippen LogP contribution in [0.2, 0.25) is 0 Å². The Morgan fingerprint density at radius 2 is 1.75 bits per heavy atom. The minimum atomic E-state index is 0.159. The van der Waals surface area contributed by atoms with Crippen molar-refractivity contribution >= 4 is 5.78 Å². The van der Waals surface area contributed by atoms with E-state index in [1.165, 1.54) is 44.9 Å². The van der Waals surface area contributed by atoms with Gasteiger partial charge in [0, 0.05) is 13.0 Å². The molecule has 0 saturated heterocycles. The molecule has 0 aliphatic heterocycles. The van der Waals surface area contributed by atoms with Gasteiger partial charge in [0.25, 0.3) is 0 Å². The Kier molecular flexibility index (Phi) is 10.6. The van der Waals surface area contributed by atoms with Crippen LogP contribution in [-0.2, 0) is 22.4 Å². The predicted octanol–water partition coefficient (Wildman–Crippen LogP) is 6.85. The first-order valence-corrected chi connectivity index (χ1v) is 13.0. The van der Waals surface area contributed by atoms with Gasteiger partial charge in [-0.05, 0) is 87.5 Å². The van der Waals surface area contributed by atoms with Crippen molar-refractivity contribution in [2.45, 2.75) is 115 Å². The molecule has 0 aromatic heterocycles. The first-order valence-electron chi connectivity index (χ1n) is 13.0. The number of carbonyl (C=O) groups is 1. The Hall–Kier alpha value is -1.81. The fraction of sp³-hybridized carbons (Fsp3) is 0.679. The highest BCUT2D eigenvalue weighted by Gasteiger charge is 2.20. The van der Waals surface area contributed by atoms with Gasteiger partial charge in [-0.2, -0.15) is 0 Å². The van der Waals surface area contributed by atoms with Gasteiger partial charge in [-0.3, -0.25) is 4.79 Å². The number of aryl methyl sites for hydroxylation is 2. The first kappa shape index (κ1) is 24.8. The summed E-state index contributed by atoms with van der Waals surface area (Å²) < 4.78 is 12.3. The number of hydrogen-bond acceptors (Lipinski definition) is 4. The highest BCUT2D eigenvalue weighted by atomic mass is 16.5. The van der Waals surface area contributed by atoms with E-state index in [9.17, 15) is 9.90 Å². The third-order valence-corrected chi connectivity index (χ3v) is 6.72. The van der Waals surface area contributed by atoms with E-state index in [-0.39, 0.29) is 17.6 Å². The van der Waals surface area contributed by atoms with Gasteiger partial charge in [0.15, 0.2) is 17.3 Å². The number of ketones is 1. The van der Waals surface area contributed by atoms with E-state index < -0.39 is 0 Å². The van der Waals surface area contributed by atoms with Gasteiger partial charge >= 0.3 is 0 Å². The number of aromatic hydroxyl groups is 1. The molecule has 1 aromatic rings. The van der Waals surface area contributed by atoms with E-state index in [2.05, 4.69) is 13.0 Å². The molecule has 2 aliphatic carbocycles. The van der Waals surface area contributed by atoms with E-state index in [0.29, 0.717) is 24.7 Å². The Balaban J connectivity index is 1.60. The molecule has 32 heavy (non-hydrogen) atoms. The molecule has 1 N–H and O–H groups in total. The molecule has 178 valence electrons. The Labute approximate surface area is 194 Å². The maximum atomic E-state index is 12.2. The molecular weight excluding hydrogens is 400 g/mol. The van der Waals surface area contributed by atoms with Crippen molar-refractivity contribution in [2.75, 3.05) is 6.61 Å². The van der Waals surface area contributed by atoms with Crippen molar-refractivity contribution in [1.29, 1.82) is 0 Å². The van der Waals surface area contributed by atoms with Gasteiger partial charge in [0.2, 0.25) is 0 Å². The average Bonchev–Trinajstić information content (AvgIpc) is 3.32. The number of unbranched alkanes of at least 4 members (excludes halogenated alkanes) is 1. The smallest absolute Gasteiger partial charge is 0.161 e. The van der Waals surface area contributed by atoms with E-state index in [4.69, 9.17) is 9.47 Å². The van der Waals surface area contributed by atoms with Crippen LogP contribution in [0.25, 0.3) is 0 Å². The number of carbonyl (C=O) groups excluding carboxylic acids is 1. The number of benzene rings is 1. The molecular formula is C28H42O4. The Bertz CT molecular complexity index is 727. The van der Waals surface area contributed by atoms with E-state index in [1.54, 1.807) is 6.08 Å². The van der Waals surface area contributed by atoms with Crippen LogP contribution < -0.4 is 4.74 Å².